The van der Waals surface area contributed by atoms with Crippen LogP contribution in [0, 0.1) is 17.1 Å². The highest BCUT2D eigenvalue weighted by molar-refractivity contribution is 6.04. The van der Waals surface area contributed by atoms with Gasteiger partial charge in [0.2, 0.25) is 0 Å². The van der Waals surface area contributed by atoms with E-state index >= 15 is 0 Å². The molecule has 24 heavy (non-hydrogen) atoms. The molecule has 2 heterocycles. The number of carbonyl (C=O) groups excluding carboxylic acids is 1. The third-order valence-electron chi connectivity index (χ3n) is 3.53. The van der Waals surface area contributed by atoms with Gasteiger partial charge in [-0.15, -0.1) is 0 Å². The first-order valence-electron chi connectivity index (χ1n) is 6.90. The van der Waals surface area contributed by atoms with Crippen LogP contribution in [0.3, 0.4) is 0 Å². The lowest BCUT2D eigenvalue weighted by Crippen LogP contribution is -2.27. The van der Waals surface area contributed by atoms with Crippen molar-refractivity contribution in [2.24, 2.45) is 0 Å². The Labute approximate surface area is 136 Å². The van der Waals surface area contributed by atoms with Gasteiger partial charge < -0.3 is 14.0 Å². The van der Waals surface area contributed by atoms with Crippen molar-refractivity contribution in [3.05, 3.63) is 54.0 Å². The quantitative estimate of drug-likeness (QED) is 0.735. The predicted octanol–water partition coefficient (Wildman–Crippen LogP) is 2.03. The van der Waals surface area contributed by atoms with E-state index in [0.29, 0.717) is 11.3 Å². The van der Waals surface area contributed by atoms with Crippen molar-refractivity contribution in [3.63, 3.8) is 0 Å². The molecule has 2 aromatic heterocycles. The van der Waals surface area contributed by atoms with E-state index in [0.717, 1.165) is 0 Å². The first-order chi connectivity index (χ1) is 11.5. The maximum atomic E-state index is 13.5. The molecular weight excluding hydrogens is 313 g/mol. The van der Waals surface area contributed by atoms with Crippen LogP contribution >= 0.6 is 0 Å². The Morgan fingerprint density at radius 2 is 2.25 bits per heavy atom. The summed E-state index contributed by atoms with van der Waals surface area (Å²) in [6.07, 6.45) is 4.62. The number of aromatic nitrogens is 3. The highest BCUT2D eigenvalue weighted by Gasteiger charge is 2.19. The van der Waals surface area contributed by atoms with Crippen LogP contribution in [0.25, 0.3) is 5.65 Å². The van der Waals surface area contributed by atoms with Crippen LogP contribution in [0.4, 0.5) is 10.1 Å². The fourth-order valence-corrected chi connectivity index (χ4v) is 2.26. The number of hydrogen-bond acceptors (Lipinski definition) is 5. The van der Waals surface area contributed by atoms with Gasteiger partial charge in [0.15, 0.2) is 22.9 Å². The lowest BCUT2D eigenvalue weighted by molar-refractivity contribution is 0.0987. The highest BCUT2D eigenvalue weighted by atomic mass is 19.1. The van der Waals surface area contributed by atoms with Crippen molar-refractivity contribution < 1.29 is 13.9 Å². The molecule has 1 amide bonds. The molecule has 0 bridgehead atoms. The molecule has 0 aliphatic heterocycles. The largest absolute Gasteiger partial charge is 0.494 e. The van der Waals surface area contributed by atoms with Crippen LogP contribution in [0.1, 0.15) is 16.2 Å². The second-order valence-electron chi connectivity index (χ2n) is 4.93. The summed E-state index contributed by atoms with van der Waals surface area (Å²) in [7, 11) is 2.87. The molecule has 0 saturated carbocycles. The zero-order valence-corrected chi connectivity index (χ0v) is 12.9. The van der Waals surface area contributed by atoms with E-state index in [1.165, 1.54) is 49.7 Å². The minimum atomic E-state index is -0.521. The fraction of sp³-hybridized carbons (Fsp3) is 0.125. The number of anilines is 1. The third-order valence-corrected chi connectivity index (χ3v) is 3.53. The summed E-state index contributed by atoms with van der Waals surface area (Å²) in [5.41, 5.74) is 0.934. The average molecular weight is 325 g/mol. The Morgan fingerprint density at radius 1 is 1.46 bits per heavy atom. The number of ether oxygens (including phenoxy) is 1. The number of hydrogen-bond donors (Lipinski definition) is 0. The maximum absolute atomic E-state index is 13.5. The second kappa shape index (κ2) is 5.96. The van der Waals surface area contributed by atoms with Crippen molar-refractivity contribution in [3.8, 4) is 11.8 Å². The number of rotatable bonds is 3. The summed E-state index contributed by atoms with van der Waals surface area (Å²) in [5, 5.41) is 9.17. The molecule has 0 radical (unpaired) electrons. The molecule has 0 saturated heterocycles. The fourth-order valence-electron chi connectivity index (χ4n) is 2.26. The zero-order valence-electron chi connectivity index (χ0n) is 12.9. The second-order valence-corrected chi connectivity index (χ2v) is 4.93. The summed E-state index contributed by atoms with van der Waals surface area (Å²) in [6.45, 7) is 0. The van der Waals surface area contributed by atoms with Crippen LogP contribution in [0.5, 0.6) is 5.75 Å². The molecule has 3 aromatic rings. The van der Waals surface area contributed by atoms with E-state index < -0.39 is 11.7 Å². The van der Waals surface area contributed by atoms with E-state index in [1.807, 2.05) is 6.07 Å². The molecule has 0 atom stereocenters. The SMILES string of the molecule is COc1cc(N(C)C(=O)c2cn3ccnc3c(C#N)n2)ccc1F. The van der Waals surface area contributed by atoms with Crippen LogP contribution < -0.4 is 9.64 Å². The lowest BCUT2D eigenvalue weighted by atomic mass is 10.2. The maximum Gasteiger partial charge on any atom is 0.278 e. The smallest absolute Gasteiger partial charge is 0.278 e. The van der Waals surface area contributed by atoms with Gasteiger partial charge in [-0.1, -0.05) is 0 Å². The van der Waals surface area contributed by atoms with E-state index in [4.69, 9.17) is 10.00 Å². The Balaban J connectivity index is 2.01. The van der Waals surface area contributed by atoms with Gasteiger partial charge in [0.1, 0.15) is 11.8 Å². The molecule has 0 aliphatic carbocycles. The summed E-state index contributed by atoms with van der Waals surface area (Å²) < 4.78 is 20.0. The van der Waals surface area contributed by atoms with Gasteiger partial charge in [0.05, 0.1) is 7.11 Å². The molecule has 120 valence electrons. The van der Waals surface area contributed by atoms with Gasteiger partial charge in [0, 0.05) is 37.4 Å². The zero-order chi connectivity index (χ0) is 17.3. The van der Waals surface area contributed by atoms with Crippen LogP contribution in [-0.4, -0.2) is 34.4 Å². The van der Waals surface area contributed by atoms with Gasteiger partial charge >= 0.3 is 0 Å². The van der Waals surface area contributed by atoms with Gasteiger partial charge in [-0.05, 0) is 12.1 Å². The number of halogens is 1. The molecule has 0 fully saturated rings. The first kappa shape index (κ1) is 15.4. The number of nitrogens with zero attached hydrogens (tertiary/aromatic N) is 5. The average Bonchev–Trinajstić information content (AvgIpc) is 3.08. The van der Waals surface area contributed by atoms with Crippen LogP contribution in [-0.2, 0) is 0 Å². The topological polar surface area (TPSA) is 83.5 Å². The van der Waals surface area contributed by atoms with Gasteiger partial charge in [0.25, 0.3) is 5.91 Å². The Hall–Kier alpha value is -3.47. The van der Waals surface area contributed by atoms with E-state index in [1.54, 1.807) is 10.6 Å². The monoisotopic (exact) mass is 325 g/mol. The third kappa shape index (κ3) is 2.52. The summed E-state index contributed by atoms with van der Waals surface area (Å²) in [6, 6.07) is 6.00. The summed E-state index contributed by atoms with van der Waals surface area (Å²) in [5.74, 6) is -0.939. The van der Waals surface area contributed by atoms with E-state index in [9.17, 15) is 9.18 Å². The molecule has 0 N–H and O–H groups in total. The number of fused-ring (bicyclic) bond motifs is 1. The van der Waals surface area contributed by atoms with Crippen molar-refractivity contribution in [1.82, 2.24) is 14.4 Å². The summed E-state index contributed by atoms with van der Waals surface area (Å²) in [4.78, 5) is 22.0. The van der Waals surface area contributed by atoms with Gasteiger partial charge in [-0.2, -0.15) is 5.26 Å². The minimum Gasteiger partial charge on any atom is -0.494 e. The number of amides is 1. The number of imidazole rings is 1. The van der Waals surface area contributed by atoms with Gasteiger partial charge in [-0.25, -0.2) is 14.4 Å². The van der Waals surface area contributed by atoms with Crippen LogP contribution in [0.15, 0.2) is 36.8 Å². The molecule has 0 spiro atoms. The minimum absolute atomic E-state index is 0.0304. The standard InChI is InChI=1S/C16H12FN5O2/c1-21(10-3-4-11(17)14(7-10)24-2)16(23)13-9-22-6-5-19-15(22)12(8-18)20-13/h3-7,9H,1-2H3. The van der Waals surface area contributed by atoms with Crippen LogP contribution in [0.2, 0.25) is 0 Å². The molecule has 0 unspecified atom stereocenters. The molecule has 1 aromatic carbocycles. The molecule has 8 heteroatoms. The predicted molar refractivity (Wildman–Crippen MR) is 83.4 cm³/mol. The summed E-state index contributed by atoms with van der Waals surface area (Å²) >= 11 is 0. The molecule has 7 nitrogen and oxygen atoms in total. The number of carbonyl (C=O) groups is 1. The van der Waals surface area contributed by atoms with Crippen molar-refractivity contribution >= 4 is 17.2 Å². The van der Waals surface area contributed by atoms with Gasteiger partial charge in [-0.3, -0.25) is 4.79 Å². The molecular formula is C16H12FN5O2. The Morgan fingerprint density at radius 3 is 2.96 bits per heavy atom. The first-order valence-corrected chi connectivity index (χ1v) is 6.90. The Bertz CT molecular complexity index is 976. The lowest BCUT2D eigenvalue weighted by Gasteiger charge is -2.18. The number of nitriles is 1. The highest BCUT2D eigenvalue weighted by Crippen LogP contribution is 2.24. The van der Waals surface area contributed by atoms with E-state index in [-0.39, 0.29) is 17.1 Å². The normalized spacial score (nSPS) is 10.4. The number of benzene rings is 1. The molecule has 3 rings (SSSR count). The molecule has 0 aliphatic rings. The Kier molecular flexibility index (Phi) is 3.83. The number of methoxy groups -OCH3 is 1. The van der Waals surface area contributed by atoms with Crippen molar-refractivity contribution in [2.45, 2.75) is 0 Å². The van der Waals surface area contributed by atoms with Crippen molar-refractivity contribution in [1.29, 1.82) is 5.26 Å². The van der Waals surface area contributed by atoms with Crippen molar-refractivity contribution in [2.75, 3.05) is 19.1 Å². The van der Waals surface area contributed by atoms with E-state index in [2.05, 4.69) is 9.97 Å².